The Morgan fingerprint density at radius 2 is 2.14 bits per heavy atom. The molecule has 3 rings (SSSR count). The summed E-state index contributed by atoms with van der Waals surface area (Å²) in [5, 5.41) is 9.06. The van der Waals surface area contributed by atoms with Gasteiger partial charge in [0, 0.05) is 23.5 Å². The maximum absolute atomic E-state index is 12.6. The van der Waals surface area contributed by atoms with Crippen LogP contribution in [-0.2, 0) is 13.0 Å². The zero-order valence-electron chi connectivity index (χ0n) is 12.0. The zero-order valence-corrected chi connectivity index (χ0v) is 12.9. The maximum atomic E-state index is 12.6. The summed E-state index contributed by atoms with van der Waals surface area (Å²) in [4.78, 5) is 26.8. The van der Waals surface area contributed by atoms with Gasteiger partial charge in [0.25, 0.3) is 5.91 Å². The van der Waals surface area contributed by atoms with Gasteiger partial charge in [0.05, 0.1) is 7.11 Å². The van der Waals surface area contributed by atoms with E-state index >= 15 is 0 Å². The van der Waals surface area contributed by atoms with Gasteiger partial charge in [0.1, 0.15) is 10.6 Å². The predicted octanol–water partition coefficient (Wildman–Crippen LogP) is 2.65. The molecule has 6 heteroatoms. The van der Waals surface area contributed by atoms with Crippen LogP contribution in [0, 0.1) is 0 Å². The minimum absolute atomic E-state index is 0.0624. The number of rotatable bonds is 3. The molecule has 1 aromatic heterocycles. The van der Waals surface area contributed by atoms with Gasteiger partial charge in [0.2, 0.25) is 0 Å². The average molecular weight is 317 g/mol. The lowest BCUT2D eigenvalue weighted by Gasteiger charge is -2.27. The Bertz CT molecular complexity index is 737. The van der Waals surface area contributed by atoms with Crippen LogP contribution < -0.4 is 4.74 Å². The number of carboxylic acid groups (broad SMARTS) is 1. The molecule has 0 atom stereocenters. The van der Waals surface area contributed by atoms with Crippen LogP contribution in [0.15, 0.2) is 30.3 Å². The fourth-order valence-corrected chi connectivity index (χ4v) is 3.55. The molecule has 0 spiro atoms. The topological polar surface area (TPSA) is 66.8 Å². The summed E-state index contributed by atoms with van der Waals surface area (Å²) >= 11 is 1.30. The van der Waals surface area contributed by atoms with Crippen LogP contribution in [0.2, 0.25) is 0 Å². The van der Waals surface area contributed by atoms with Crippen molar-refractivity contribution >= 4 is 23.2 Å². The predicted molar refractivity (Wildman–Crippen MR) is 82.7 cm³/mol. The number of nitrogens with zero attached hydrogens (tertiary/aromatic N) is 1. The largest absolute Gasteiger partial charge is 0.497 e. The number of ether oxygens (including phenoxy) is 1. The second-order valence-electron chi connectivity index (χ2n) is 5.07. The van der Waals surface area contributed by atoms with Crippen molar-refractivity contribution in [1.82, 2.24) is 4.90 Å². The summed E-state index contributed by atoms with van der Waals surface area (Å²) in [5.74, 6) is -0.329. The number of carbonyl (C=O) groups excluding carboxylic acids is 1. The van der Waals surface area contributed by atoms with Crippen molar-refractivity contribution in [3.05, 3.63) is 51.2 Å². The second kappa shape index (κ2) is 5.81. The van der Waals surface area contributed by atoms with Gasteiger partial charge in [-0.25, -0.2) is 4.79 Å². The molecule has 0 bridgehead atoms. The van der Waals surface area contributed by atoms with E-state index in [1.807, 2.05) is 0 Å². The van der Waals surface area contributed by atoms with Crippen molar-refractivity contribution in [1.29, 1.82) is 0 Å². The number of fused-ring (bicyclic) bond motifs is 1. The van der Waals surface area contributed by atoms with E-state index in [0.29, 0.717) is 35.7 Å². The van der Waals surface area contributed by atoms with E-state index in [0.717, 1.165) is 10.4 Å². The first kappa shape index (κ1) is 14.6. The minimum Gasteiger partial charge on any atom is -0.497 e. The molecule has 0 aliphatic carbocycles. The lowest BCUT2D eigenvalue weighted by atomic mass is 10.1. The van der Waals surface area contributed by atoms with Crippen LogP contribution in [0.4, 0.5) is 0 Å². The third-order valence-electron chi connectivity index (χ3n) is 3.68. The number of benzene rings is 1. The first-order chi connectivity index (χ1) is 10.6. The minimum atomic E-state index is -0.912. The van der Waals surface area contributed by atoms with Crippen LogP contribution in [0.1, 0.15) is 30.5 Å². The van der Waals surface area contributed by atoms with Gasteiger partial charge in [-0.15, -0.1) is 11.3 Å². The smallest absolute Gasteiger partial charge is 0.345 e. The lowest BCUT2D eigenvalue weighted by Crippen LogP contribution is -2.35. The molecule has 5 nitrogen and oxygen atoms in total. The molecular weight excluding hydrogens is 302 g/mol. The monoisotopic (exact) mass is 317 g/mol. The van der Waals surface area contributed by atoms with E-state index in [4.69, 9.17) is 9.84 Å². The van der Waals surface area contributed by atoms with Gasteiger partial charge in [-0.05, 0) is 36.2 Å². The molecule has 1 amide bonds. The Kier molecular flexibility index (Phi) is 3.85. The third-order valence-corrected chi connectivity index (χ3v) is 4.91. The van der Waals surface area contributed by atoms with Crippen molar-refractivity contribution in [3.8, 4) is 5.75 Å². The summed E-state index contributed by atoms with van der Waals surface area (Å²) in [6.07, 6.45) is 0.697. The summed E-state index contributed by atoms with van der Waals surface area (Å²) in [6.45, 7) is 1.05. The molecule has 1 aliphatic heterocycles. The number of thiophene rings is 1. The Morgan fingerprint density at radius 3 is 2.86 bits per heavy atom. The Hall–Kier alpha value is -2.34. The van der Waals surface area contributed by atoms with Crippen molar-refractivity contribution in [2.75, 3.05) is 13.7 Å². The number of aromatic carboxylic acids is 1. The van der Waals surface area contributed by atoms with Crippen LogP contribution in [0.3, 0.4) is 0 Å². The molecule has 114 valence electrons. The van der Waals surface area contributed by atoms with Gasteiger partial charge in [-0.1, -0.05) is 6.07 Å². The molecule has 0 unspecified atom stereocenters. The van der Waals surface area contributed by atoms with E-state index < -0.39 is 5.97 Å². The molecular formula is C16H15NO4S. The first-order valence-electron chi connectivity index (χ1n) is 6.86. The number of methoxy groups -OCH3 is 1. The van der Waals surface area contributed by atoms with Crippen LogP contribution in [0.25, 0.3) is 0 Å². The highest BCUT2D eigenvalue weighted by molar-refractivity contribution is 7.14. The molecule has 0 saturated heterocycles. The highest BCUT2D eigenvalue weighted by Gasteiger charge is 2.25. The number of carboxylic acids is 1. The number of hydrogen-bond acceptors (Lipinski definition) is 4. The average Bonchev–Trinajstić information content (AvgIpc) is 2.97. The van der Waals surface area contributed by atoms with E-state index in [-0.39, 0.29) is 5.91 Å². The highest BCUT2D eigenvalue weighted by atomic mass is 32.1. The second-order valence-corrected chi connectivity index (χ2v) is 6.21. The summed E-state index contributed by atoms with van der Waals surface area (Å²) in [7, 11) is 1.57. The van der Waals surface area contributed by atoms with Crippen molar-refractivity contribution < 1.29 is 19.4 Å². The van der Waals surface area contributed by atoms with E-state index in [9.17, 15) is 9.59 Å². The summed E-state index contributed by atoms with van der Waals surface area (Å²) in [6, 6.07) is 8.73. The SMILES string of the molecule is COc1cccc(C(=O)N2CCc3sc(C(=O)O)cc3C2)c1. The molecule has 0 radical (unpaired) electrons. The van der Waals surface area contributed by atoms with E-state index in [2.05, 4.69) is 0 Å². The standard InChI is InChI=1S/C16H15NO4S/c1-21-12-4-2-3-10(7-12)15(18)17-6-5-13-11(9-17)8-14(22-13)16(19)20/h2-4,7-8H,5-6,9H2,1H3,(H,19,20). The maximum Gasteiger partial charge on any atom is 0.345 e. The van der Waals surface area contributed by atoms with Crippen LogP contribution in [-0.4, -0.2) is 35.5 Å². The number of carbonyl (C=O) groups is 2. The molecule has 2 heterocycles. The molecule has 2 aromatic rings. The fourth-order valence-electron chi connectivity index (χ4n) is 2.55. The molecule has 22 heavy (non-hydrogen) atoms. The highest BCUT2D eigenvalue weighted by Crippen LogP contribution is 2.29. The summed E-state index contributed by atoms with van der Waals surface area (Å²) < 4.78 is 5.14. The van der Waals surface area contributed by atoms with Crippen LogP contribution in [0.5, 0.6) is 5.75 Å². The Morgan fingerprint density at radius 1 is 1.32 bits per heavy atom. The fraction of sp³-hybridized carbons (Fsp3) is 0.250. The van der Waals surface area contributed by atoms with Crippen molar-refractivity contribution in [3.63, 3.8) is 0 Å². The molecule has 0 saturated carbocycles. The van der Waals surface area contributed by atoms with Gasteiger partial charge in [-0.3, -0.25) is 4.79 Å². The van der Waals surface area contributed by atoms with Gasteiger partial charge >= 0.3 is 5.97 Å². The summed E-state index contributed by atoms with van der Waals surface area (Å²) in [5.41, 5.74) is 1.52. The molecule has 1 N–H and O–H groups in total. The van der Waals surface area contributed by atoms with E-state index in [1.165, 1.54) is 11.3 Å². The molecule has 0 fully saturated rings. The van der Waals surface area contributed by atoms with Crippen LogP contribution >= 0.6 is 11.3 Å². The lowest BCUT2D eigenvalue weighted by molar-refractivity contribution is 0.0701. The van der Waals surface area contributed by atoms with E-state index in [1.54, 1.807) is 42.3 Å². The number of hydrogen-bond donors (Lipinski definition) is 1. The first-order valence-corrected chi connectivity index (χ1v) is 7.68. The van der Waals surface area contributed by atoms with Gasteiger partial charge < -0.3 is 14.7 Å². The molecule has 1 aliphatic rings. The quantitative estimate of drug-likeness (QED) is 0.945. The molecule has 1 aromatic carbocycles. The normalized spacial score (nSPS) is 13.6. The Labute approximate surface area is 131 Å². The van der Waals surface area contributed by atoms with Gasteiger partial charge in [-0.2, -0.15) is 0 Å². The third kappa shape index (κ3) is 2.69. The van der Waals surface area contributed by atoms with Crippen molar-refractivity contribution in [2.45, 2.75) is 13.0 Å². The number of amides is 1. The van der Waals surface area contributed by atoms with Gasteiger partial charge in [0.15, 0.2) is 0 Å². The van der Waals surface area contributed by atoms with Crippen molar-refractivity contribution in [2.24, 2.45) is 0 Å². The Balaban J connectivity index is 1.81. The zero-order chi connectivity index (χ0) is 15.7.